The second-order valence-corrected chi connectivity index (χ2v) is 9.04. The predicted octanol–water partition coefficient (Wildman–Crippen LogP) is 4.40. The van der Waals surface area contributed by atoms with E-state index in [2.05, 4.69) is 13.8 Å². The Hall–Kier alpha value is -0.670. The van der Waals surface area contributed by atoms with Gasteiger partial charge in [-0.2, -0.15) is 0 Å². The van der Waals surface area contributed by atoms with Gasteiger partial charge in [0.15, 0.2) is 11.6 Å². The van der Waals surface area contributed by atoms with Crippen molar-refractivity contribution < 1.29 is 14.3 Å². The summed E-state index contributed by atoms with van der Waals surface area (Å²) in [5.74, 6) is 0.558. The maximum Gasteiger partial charge on any atom is 0.163 e. The third-order valence-electron chi connectivity index (χ3n) is 7.42. The molecule has 2 fully saturated rings. The zero-order chi connectivity index (χ0) is 16.5. The van der Waals surface area contributed by atoms with Gasteiger partial charge in [-0.15, -0.1) is 0 Å². The third-order valence-corrected chi connectivity index (χ3v) is 7.42. The molecule has 128 valence electrons. The minimum atomic E-state index is -0.474. The molecule has 0 spiro atoms. The van der Waals surface area contributed by atoms with E-state index < -0.39 is 5.79 Å². The second kappa shape index (κ2) is 4.92. The Morgan fingerprint density at radius 2 is 1.78 bits per heavy atom. The summed E-state index contributed by atoms with van der Waals surface area (Å²) < 4.78 is 12.4. The number of rotatable bonds is 0. The van der Waals surface area contributed by atoms with Crippen LogP contribution in [-0.2, 0) is 14.3 Å². The number of ketones is 1. The van der Waals surface area contributed by atoms with Crippen LogP contribution in [0.2, 0.25) is 0 Å². The number of fused-ring (bicyclic) bond motifs is 4. The summed E-state index contributed by atoms with van der Waals surface area (Å²) in [6, 6.07) is 0. The van der Waals surface area contributed by atoms with E-state index in [0.29, 0.717) is 11.7 Å². The van der Waals surface area contributed by atoms with Crippen LogP contribution in [0.5, 0.6) is 0 Å². The van der Waals surface area contributed by atoms with Crippen LogP contribution in [-0.4, -0.2) is 24.3 Å². The fourth-order valence-corrected chi connectivity index (χ4v) is 6.24. The van der Waals surface area contributed by atoms with E-state index in [4.69, 9.17) is 9.47 Å². The van der Waals surface area contributed by atoms with Crippen molar-refractivity contribution in [1.29, 1.82) is 0 Å². The molecule has 3 nitrogen and oxygen atoms in total. The number of carbonyl (C=O) groups excluding carboxylic acids is 1. The summed E-state index contributed by atoms with van der Waals surface area (Å²) in [6.45, 7) is 9.72. The maximum atomic E-state index is 12.2. The molecule has 4 rings (SSSR count). The first-order chi connectivity index (χ1) is 10.8. The van der Waals surface area contributed by atoms with Gasteiger partial charge in [-0.3, -0.25) is 4.79 Å². The molecule has 1 heterocycles. The van der Waals surface area contributed by atoms with Gasteiger partial charge in [0.05, 0.1) is 12.7 Å². The van der Waals surface area contributed by atoms with Crippen molar-refractivity contribution in [2.24, 2.45) is 16.7 Å². The van der Waals surface area contributed by atoms with Crippen molar-refractivity contribution >= 4 is 5.78 Å². The van der Waals surface area contributed by atoms with Crippen molar-refractivity contribution in [1.82, 2.24) is 0 Å². The van der Waals surface area contributed by atoms with Crippen molar-refractivity contribution in [3.05, 3.63) is 11.1 Å². The van der Waals surface area contributed by atoms with Crippen LogP contribution in [0.3, 0.4) is 0 Å². The SMILES string of the molecule is CC1(C)OCC[C@]2(C)[C@H]3CCC4=C(CCC4=O)[C@]3(C)CC[C@H]2O1. The molecule has 23 heavy (non-hydrogen) atoms. The van der Waals surface area contributed by atoms with Gasteiger partial charge in [-0.05, 0) is 74.7 Å². The van der Waals surface area contributed by atoms with Gasteiger partial charge in [-0.1, -0.05) is 19.4 Å². The minimum absolute atomic E-state index is 0.158. The number of hydrogen-bond donors (Lipinski definition) is 0. The summed E-state index contributed by atoms with van der Waals surface area (Å²) in [6.07, 6.45) is 7.46. The average molecular weight is 318 g/mol. The van der Waals surface area contributed by atoms with Gasteiger partial charge >= 0.3 is 0 Å². The molecule has 0 N–H and O–H groups in total. The largest absolute Gasteiger partial charge is 0.350 e. The van der Waals surface area contributed by atoms with Crippen LogP contribution in [0.4, 0.5) is 0 Å². The normalized spacial score (nSPS) is 46.0. The van der Waals surface area contributed by atoms with Gasteiger partial charge in [0, 0.05) is 6.42 Å². The van der Waals surface area contributed by atoms with Crippen LogP contribution >= 0.6 is 0 Å². The molecule has 3 aliphatic carbocycles. The monoisotopic (exact) mass is 318 g/mol. The summed E-state index contributed by atoms with van der Waals surface area (Å²) in [5.41, 5.74) is 3.05. The van der Waals surface area contributed by atoms with Crippen LogP contribution in [0.25, 0.3) is 0 Å². The fourth-order valence-electron chi connectivity index (χ4n) is 6.24. The molecule has 1 saturated heterocycles. The first-order valence-corrected chi connectivity index (χ1v) is 9.34. The minimum Gasteiger partial charge on any atom is -0.350 e. The smallest absolute Gasteiger partial charge is 0.163 e. The predicted molar refractivity (Wildman–Crippen MR) is 89.0 cm³/mol. The quantitative estimate of drug-likeness (QED) is 0.664. The molecule has 0 aromatic carbocycles. The summed E-state index contributed by atoms with van der Waals surface area (Å²) in [5, 5.41) is 0. The van der Waals surface area contributed by atoms with Crippen molar-refractivity contribution in [2.45, 2.75) is 84.5 Å². The Balaban J connectivity index is 1.73. The van der Waals surface area contributed by atoms with E-state index in [1.807, 2.05) is 13.8 Å². The third kappa shape index (κ3) is 2.19. The Morgan fingerprint density at radius 1 is 1.00 bits per heavy atom. The van der Waals surface area contributed by atoms with Gasteiger partial charge in [0.25, 0.3) is 0 Å². The number of Topliss-reactive ketones (excluding diaryl/α,β-unsaturated/α-hetero) is 1. The fraction of sp³-hybridized carbons (Fsp3) is 0.850. The lowest BCUT2D eigenvalue weighted by Crippen LogP contribution is -2.54. The number of ether oxygens (including phenoxy) is 2. The molecular formula is C20H30O3. The molecule has 0 aromatic rings. The Kier molecular flexibility index (Phi) is 3.39. The van der Waals surface area contributed by atoms with E-state index in [-0.39, 0.29) is 16.9 Å². The van der Waals surface area contributed by atoms with E-state index in [1.165, 1.54) is 11.1 Å². The van der Waals surface area contributed by atoms with Gasteiger partial charge in [-0.25, -0.2) is 0 Å². The Bertz CT molecular complexity index is 575. The molecule has 3 heteroatoms. The summed E-state index contributed by atoms with van der Waals surface area (Å²) in [4.78, 5) is 12.2. The molecule has 0 aromatic heterocycles. The average Bonchev–Trinajstić information content (AvgIpc) is 2.79. The lowest BCUT2D eigenvalue weighted by molar-refractivity contribution is -0.247. The zero-order valence-electron chi connectivity index (χ0n) is 15.0. The highest BCUT2D eigenvalue weighted by atomic mass is 16.7. The van der Waals surface area contributed by atoms with Gasteiger partial charge in [0.2, 0.25) is 0 Å². The summed E-state index contributed by atoms with van der Waals surface area (Å²) >= 11 is 0. The highest BCUT2D eigenvalue weighted by molar-refractivity contribution is 5.99. The van der Waals surface area contributed by atoms with E-state index >= 15 is 0 Å². The molecule has 0 radical (unpaired) electrons. The summed E-state index contributed by atoms with van der Waals surface area (Å²) in [7, 11) is 0. The lowest BCUT2D eigenvalue weighted by Gasteiger charge is -2.58. The number of hydrogen-bond acceptors (Lipinski definition) is 3. The Labute approximate surface area is 139 Å². The Morgan fingerprint density at radius 3 is 2.57 bits per heavy atom. The van der Waals surface area contributed by atoms with Crippen molar-refractivity contribution in [3.63, 3.8) is 0 Å². The number of carbonyl (C=O) groups is 1. The molecule has 1 aliphatic heterocycles. The standard InChI is InChI=1S/C20H30O3/c1-18(2)22-12-11-20(4)16-8-5-13-14(6-7-15(13)21)19(16,3)10-9-17(20)23-18/h16-17H,5-12H2,1-4H3/t16-,17+,19-,20+/m0/s1. The van der Waals surface area contributed by atoms with Crippen LogP contribution in [0, 0.1) is 16.7 Å². The highest BCUT2D eigenvalue weighted by Crippen LogP contribution is 2.64. The zero-order valence-corrected chi connectivity index (χ0v) is 15.0. The molecular weight excluding hydrogens is 288 g/mol. The topological polar surface area (TPSA) is 35.5 Å². The molecule has 4 aliphatic rings. The van der Waals surface area contributed by atoms with Crippen LogP contribution in [0.1, 0.15) is 72.6 Å². The molecule has 0 unspecified atom stereocenters. The van der Waals surface area contributed by atoms with Crippen LogP contribution in [0.15, 0.2) is 11.1 Å². The lowest BCUT2D eigenvalue weighted by atomic mass is 9.48. The van der Waals surface area contributed by atoms with E-state index in [0.717, 1.165) is 51.6 Å². The first kappa shape index (κ1) is 15.8. The molecule has 0 amide bonds. The molecule has 1 saturated carbocycles. The highest BCUT2D eigenvalue weighted by Gasteiger charge is 2.59. The van der Waals surface area contributed by atoms with Crippen LogP contribution < -0.4 is 0 Å². The van der Waals surface area contributed by atoms with E-state index in [1.54, 1.807) is 0 Å². The molecule has 4 atom stereocenters. The maximum absolute atomic E-state index is 12.2. The van der Waals surface area contributed by atoms with Gasteiger partial charge < -0.3 is 9.47 Å². The molecule has 0 bridgehead atoms. The van der Waals surface area contributed by atoms with Crippen molar-refractivity contribution in [3.8, 4) is 0 Å². The van der Waals surface area contributed by atoms with Gasteiger partial charge in [0.1, 0.15) is 0 Å². The van der Waals surface area contributed by atoms with Crippen molar-refractivity contribution in [2.75, 3.05) is 6.61 Å². The first-order valence-electron chi connectivity index (χ1n) is 9.34. The van der Waals surface area contributed by atoms with E-state index in [9.17, 15) is 4.79 Å². The number of allylic oxidation sites excluding steroid dienone is 2. The second-order valence-electron chi connectivity index (χ2n) is 9.04.